The summed E-state index contributed by atoms with van der Waals surface area (Å²) in [6.45, 7) is 3.44. The predicted octanol–water partition coefficient (Wildman–Crippen LogP) is 1.07. The zero-order valence-electron chi connectivity index (χ0n) is 15.6. The maximum absolute atomic E-state index is 13.5. The molecule has 148 valence electrons. The molecule has 9 heteroatoms. The second-order valence-corrected chi connectivity index (χ2v) is 8.19. The van der Waals surface area contributed by atoms with Crippen molar-refractivity contribution < 1.29 is 19.2 Å². The zero-order chi connectivity index (χ0) is 19.8. The summed E-state index contributed by atoms with van der Waals surface area (Å²) in [5.41, 5.74) is 6.38. The van der Waals surface area contributed by atoms with Crippen molar-refractivity contribution in [3.63, 3.8) is 0 Å². The van der Waals surface area contributed by atoms with Crippen molar-refractivity contribution >= 4 is 22.2 Å². The van der Waals surface area contributed by atoms with E-state index in [2.05, 4.69) is 10.1 Å². The molecule has 1 atom stereocenters. The molecule has 1 fully saturated rings. The maximum Gasteiger partial charge on any atom is 0.235 e. The summed E-state index contributed by atoms with van der Waals surface area (Å²) in [7, 11) is 0. The first-order valence-electron chi connectivity index (χ1n) is 9.44. The summed E-state index contributed by atoms with van der Waals surface area (Å²) in [5, 5.41) is 15.2. The van der Waals surface area contributed by atoms with Crippen molar-refractivity contribution in [3.05, 3.63) is 46.3 Å². The number of hydrogen-bond donors (Lipinski definition) is 3. The Morgan fingerprint density at radius 1 is 1.39 bits per heavy atom. The highest BCUT2D eigenvalue weighted by Crippen LogP contribution is 2.35. The van der Waals surface area contributed by atoms with Gasteiger partial charge in [0.2, 0.25) is 16.7 Å². The van der Waals surface area contributed by atoms with Crippen molar-refractivity contribution in [1.29, 1.82) is 0 Å². The van der Waals surface area contributed by atoms with Crippen LogP contribution >= 0.6 is 11.3 Å². The van der Waals surface area contributed by atoms with Gasteiger partial charge in [-0.1, -0.05) is 18.3 Å². The molecule has 0 bridgehead atoms. The number of carbonyl (C=O) groups is 1. The molecular weight excluding hydrogens is 381 g/mol. The number of primary amides is 1. The van der Waals surface area contributed by atoms with E-state index in [1.165, 1.54) is 32.9 Å². The van der Waals surface area contributed by atoms with Crippen molar-refractivity contribution in [2.75, 3.05) is 13.1 Å². The van der Waals surface area contributed by atoms with Gasteiger partial charge in [-0.25, -0.2) is 9.37 Å². The number of nitrogens with two attached hydrogens (primary N) is 1. The van der Waals surface area contributed by atoms with Crippen LogP contribution in [-0.2, 0) is 11.2 Å². The second-order valence-electron chi connectivity index (χ2n) is 7.19. The van der Waals surface area contributed by atoms with Gasteiger partial charge >= 0.3 is 0 Å². The number of nitrogens with zero attached hydrogens (tertiary/aromatic N) is 3. The van der Waals surface area contributed by atoms with Crippen molar-refractivity contribution in [2.45, 2.75) is 32.2 Å². The first-order valence-corrected chi connectivity index (χ1v) is 10.3. The monoisotopic (exact) mass is 404 g/mol. The van der Waals surface area contributed by atoms with Gasteiger partial charge in [-0.3, -0.25) is 4.79 Å². The molecule has 4 rings (SSSR count). The number of likely N-dealkylation sites (tertiary alicyclic amines) is 1. The number of hydrogen-bond acceptors (Lipinski definition) is 5. The molecule has 28 heavy (non-hydrogen) atoms. The number of aryl methyl sites for hydroxylation is 1. The highest BCUT2D eigenvalue weighted by atomic mass is 32.1. The van der Waals surface area contributed by atoms with Gasteiger partial charge in [0.1, 0.15) is 10.7 Å². The van der Waals surface area contributed by atoms with Crippen molar-refractivity contribution in [2.24, 2.45) is 11.7 Å². The van der Waals surface area contributed by atoms with E-state index in [0.29, 0.717) is 30.0 Å². The standard InChI is InChI=1S/C19H22FN5O2S/c1-2-14-22-19-25(23-14)18(27)16(28-19)15(11-3-5-13(20)6-4-11)24-9-7-12(8-10-24)17(21)26/h3-6,12,15,27H,2,7-10H2,1H3,(H2,21,26)/p+1/t15-/m1/s1. The first-order chi connectivity index (χ1) is 13.5. The number of amides is 1. The summed E-state index contributed by atoms with van der Waals surface area (Å²) >= 11 is 1.40. The fraction of sp³-hybridized carbons (Fsp3) is 0.421. The number of thiazole rings is 1. The minimum Gasteiger partial charge on any atom is -0.492 e. The van der Waals surface area contributed by atoms with Gasteiger partial charge in [-0.05, 0) is 24.3 Å². The third kappa shape index (κ3) is 3.35. The Hall–Kier alpha value is -2.52. The molecule has 3 heterocycles. The van der Waals surface area contributed by atoms with E-state index in [0.717, 1.165) is 23.5 Å². The van der Waals surface area contributed by atoms with E-state index in [1.54, 1.807) is 12.1 Å². The Morgan fingerprint density at radius 2 is 2.07 bits per heavy atom. The van der Waals surface area contributed by atoms with E-state index in [-0.39, 0.29) is 29.6 Å². The van der Waals surface area contributed by atoms with Crippen LogP contribution in [-0.4, -0.2) is 38.7 Å². The van der Waals surface area contributed by atoms with Gasteiger partial charge in [-0.15, -0.1) is 5.10 Å². The van der Waals surface area contributed by atoms with Crippen LogP contribution in [0.2, 0.25) is 0 Å². The minimum absolute atomic E-state index is 0.0750. The lowest BCUT2D eigenvalue weighted by atomic mass is 9.93. The largest absolute Gasteiger partial charge is 0.492 e. The van der Waals surface area contributed by atoms with Gasteiger partial charge in [0, 0.05) is 30.7 Å². The summed E-state index contributed by atoms with van der Waals surface area (Å²) in [4.78, 5) is 18.6. The Morgan fingerprint density at radius 3 is 2.64 bits per heavy atom. The summed E-state index contributed by atoms with van der Waals surface area (Å²) in [5.74, 6) is 0.0863. The number of rotatable bonds is 5. The molecule has 2 aromatic heterocycles. The quantitative estimate of drug-likeness (QED) is 0.592. The number of fused-ring (bicyclic) bond motifs is 1. The molecular formula is C19H23FN5O2S+. The van der Waals surface area contributed by atoms with Gasteiger partial charge in [0.05, 0.1) is 13.1 Å². The molecule has 1 saturated heterocycles. The lowest BCUT2D eigenvalue weighted by molar-refractivity contribution is -0.930. The second kappa shape index (κ2) is 7.48. The molecule has 1 aliphatic rings. The molecule has 0 spiro atoms. The normalized spacial score (nSPS) is 21.1. The first kappa shape index (κ1) is 18.8. The number of quaternary nitrogens is 1. The Labute approximate surface area is 165 Å². The number of aromatic nitrogens is 3. The van der Waals surface area contributed by atoms with Crippen LogP contribution in [0.25, 0.3) is 4.96 Å². The van der Waals surface area contributed by atoms with Crippen molar-refractivity contribution in [3.8, 4) is 5.88 Å². The molecule has 4 N–H and O–H groups in total. The van der Waals surface area contributed by atoms with Crippen LogP contribution in [0.4, 0.5) is 4.39 Å². The number of piperidine rings is 1. The maximum atomic E-state index is 13.5. The van der Waals surface area contributed by atoms with Crippen LogP contribution in [0.5, 0.6) is 5.88 Å². The molecule has 3 aromatic rings. The Bertz CT molecular complexity index is 992. The lowest BCUT2D eigenvalue weighted by Gasteiger charge is -2.33. The molecule has 0 unspecified atom stereocenters. The van der Waals surface area contributed by atoms with Gasteiger partial charge < -0.3 is 15.7 Å². The van der Waals surface area contributed by atoms with E-state index >= 15 is 0 Å². The summed E-state index contributed by atoms with van der Waals surface area (Å²) in [6.07, 6.45) is 2.09. The molecule has 7 nitrogen and oxygen atoms in total. The summed E-state index contributed by atoms with van der Waals surface area (Å²) < 4.78 is 15.0. The molecule has 1 amide bonds. The van der Waals surface area contributed by atoms with Crippen molar-refractivity contribution in [1.82, 2.24) is 14.6 Å². The number of halogens is 1. The van der Waals surface area contributed by atoms with Gasteiger partial charge in [0.25, 0.3) is 0 Å². The van der Waals surface area contributed by atoms with Crippen LogP contribution in [0, 0.1) is 11.7 Å². The van der Waals surface area contributed by atoms with E-state index in [1.807, 2.05) is 6.92 Å². The fourth-order valence-electron chi connectivity index (χ4n) is 3.92. The van der Waals surface area contributed by atoms with Crippen LogP contribution in [0.15, 0.2) is 24.3 Å². The number of carbonyl (C=O) groups excluding carboxylic acids is 1. The van der Waals surface area contributed by atoms with Gasteiger partial charge in [-0.2, -0.15) is 4.52 Å². The highest BCUT2D eigenvalue weighted by Gasteiger charge is 2.36. The Kier molecular flexibility index (Phi) is 5.03. The third-order valence-electron chi connectivity index (χ3n) is 5.46. The van der Waals surface area contributed by atoms with Crippen LogP contribution in [0.3, 0.4) is 0 Å². The Balaban J connectivity index is 1.73. The third-order valence-corrected chi connectivity index (χ3v) is 6.55. The average Bonchev–Trinajstić information content (AvgIpc) is 3.23. The molecule has 0 radical (unpaired) electrons. The van der Waals surface area contributed by atoms with Crippen LogP contribution in [0.1, 0.15) is 42.1 Å². The topological polar surface area (TPSA) is 98.0 Å². The average molecular weight is 404 g/mol. The number of nitrogens with one attached hydrogen (secondary N) is 1. The SMILES string of the molecule is CCc1nc2sc([C@@H](c3ccc(F)cc3)[NH+]3CCC(C(N)=O)CC3)c(O)n2n1. The van der Waals surface area contributed by atoms with E-state index in [9.17, 15) is 14.3 Å². The van der Waals surface area contributed by atoms with Gasteiger partial charge in [0.15, 0.2) is 11.9 Å². The van der Waals surface area contributed by atoms with E-state index in [4.69, 9.17) is 5.73 Å². The van der Waals surface area contributed by atoms with Crippen LogP contribution < -0.4 is 10.6 Å². The zero-order valence-corrected chi connectivity index (χ0v) is 16.4. The minimum atomic E-state index is -0.301. The summed E-state index contributed by atoms with van der Waals surface area (Å²) in [6, 6.07) is 6.18. The molecule has 1 aromatic carbocycles. The van der Waals surface area contributed by atoms with E-state index < -0.39 is 0 Å². The smallest absolute Gasteiger partial charge is 0.235 e. The molecule has 0 saturated carbocycles. The fourth-order valence-corrected chi connectivity index (χ4v) is 5.08. The number of aromatic hydroxyl groups is 1. The molecule has 0 aliphatic carbocycles. The number of benzene rings is 1. The predicted molar refractivity (Wildman–Crippen MR) is 103 cm³/mol. The lowest BCUT2D eigenvalue weighted by Crippen LogP contribution is -3.13. The highest BCUT2D eigenvalue weighted by molar-refractivity contribution is 7.17. The molecule has 1 aliphatic heterocycles.